The van der Waals surface area contributed by atoms with Crippen LogP contribution >= 0.6 is 7.14 Å². The highest BCUT2D eigenvalue weighted by molar-refractivity contribution is 7.85. The lowest BCUT2D eigenvalue weighted by molar-refractivity contribution is 0.592. The van der Waals surface area contributed by atoms with Crippen LogP contribution in [0.4, 0.5) is 0 Å². The summed E-state index contributed by atoms with van der Waals surface area (Å²) in [6, 6.07) is 66.0. The van der Waals surface area contributed by atoms with Crippen molar-refractivity contribution in [3.05, 3.63) is 194 Å². The van der Waals surface area contributed by atoms with Gasteiger partial charge in [0.25, 0.3) is 0 Å². The second-order valence-corrected chi connectivity index (χ2v) is 16.2. The Balaban J connectivity index is 1.11. The van der Waals surface area contributed by atoms with E-state index in [1.807, 2.05) is 84.9 Å². The molecule has 10 aromatic rings. The van der Waals surface area contributed by atoms with E-state index in [2.05, 4.69) is 109 Å². The first kappa shape index (κ1) is 31.2. The van der Waals surface area contributed by atoms with Gasteiger partial charge < -0.3 is 8.98 Å². The summed E-state index contributed by atoms with van der Waals surface area (Å²) in [7, 11) is -3.07. The molecule has 0 aliphatic heterocycles. The number of nitrogens with zero attached hydrogens (tertiary/aromatic N) is 1. The SMILES string of the molecule is O=P(c1ccccc1)(c1ccccc1)c1ccc(-c2cccc(-c3nc4cc(-c5cccc6ccccc56)ccc4c4c3oc3ccccc34)c2)cc1. The molecule has 0 saturated carbocycles. The van der Waals surface area contributed by atoms with Crippen molar-refractivity contribution >= 4 is 66.7 Å². The molecular formula is C49H32NO2P. The lowest BCUT2D eigenvalue weighted by atomic mass is 9.95. The van der Waals surface area contributed by atoms with E-state index in [0.29, 0.717) is 0 Å². The third-order valence-electron chi connectivity index (χ3n) is 10.4. The second-order valence-electron chi connectivity index (χ2n) is 13.4. The van der Waals surface area contributed by atoms with Crippen LogP contribution in [0.15, 0.2) is 199 Å². The van der Waals surface area contributed by atoms with Gasteiger partial charge in [-0.1, -0.05) is 176 Å². The summed E-state index contributed by atoms with van der Waals surface area (Å²) in [5.74, 6) is 0. The number of hydrogen-bond acceptors (Lipinski definition) is 3. The van der Waals surface area contributed by atoms with E-state index in [9.17, 15) is 4.57 Å². The Kier molecular flexibility index (Phi) is 7.42. The van der Waals surface area contributed by atoms with E-state index in [1.165, 1.54) is 16.3 Å². The van der Waals surface area contributed by atoms with E-state index >= 15 is 0 Å². The molecule has 53 heavy (non-hydrogen) atoms. The van der Waals surface area contributed by atoms with Crippen LogP contribution in [-0.2, 0) is 4.57 Å². The van der Waals surface area contributed by atoms with Crippen molar-refractivity contribution in [3.8, 4) is 33.5 Å². The van der Waals surface area contributed by atoms with Crippen LogP contribution in [0.25, 0.3) is 77.1 Å². The molecule has 8 aromatic carbocycles. The number of benzene rings is 8. The van der Waals surface area contributed by atoms with E-state index in [4.69, 9.17) is 9.40 Å². The van der Waals surface area contributed by atoms with E-state index in [-0.39, 0.29) is 0 Å². The molecule has 0 amide bonds. The van der Waals surface area contributed by atoms with Crippen molar-refractivity contribution in [1.29, 1.82) is 0 Å². The van der Waals surface area contributed by atoms with Crippen LogP contribution in [-0.4, -0.2) is 4.98 Å². The summed E-state index contributed by atoms with van der Waals surface area (Å²) >= 11 is 0. The minimum absolute atomic E-state index is 0.774. The molecule has 2 heterocycles. The maximum absolute atomic E-state index is 15.0. The van der Waals surface area contributed by atoms with Gasteiger partial charge in [0.15, 0.2) is 12.7 Å². The average Bonchev–Trinajstić information content (AvgIpc) is 3.63. The highest BCUT2D eigenvalue weighted by Gasteiger charge is 2.29. The molecule has 0 fully saturated rings. The maximum atomic E-state index is 15.0. The van der Waals surface area contributed by atoms with Gasteiger partial charge in [0, 0.05) is 37.6 Å². The largest absolute Gasteiger partial charge is 0.454 e. The number of para-hydroxylation sites is 1. The zero-order valence-corrected chi connectivity index (χ0v) is 29.6. The summed E-state index contributed by atoms with van der Waals surface area (Å²) in [4.78, 5) is 5.35. The van der Waals surface area contributed by atoms with Crippen molar-refractivity contribution < 1.29 is 8.98 Å². The first-order valence-electron chi connectivity index (χ1n) is 17.8. The van der Waals surface area contributed by atoms with Gasteiger partial charge >= 0.3 is 0 Å². The summed E-state index contributed by atoms with van der Waals surface area (Å²) < 4.78 is 21.6. The van der Waals surface area contributed by atoms with Crippen molar-refractivity contribution in [2.24, 2.45) is 0 Å². The smallest absolute Gasteiger partial charge is 0.171 e. The molecule has 2 aromatic heterocycles. The molecule has 0 N–H and O–H groups in total. The van der Waals surface area contributed by atoms with Gasteiger partial charge in [-0.3, -0.25) is 0 Å². The molecule has 0 spiro atoms. The summed E-state index contributed by atoms with van der Waals surface area (Å²) in [6.45, 7) is 0. The first-order valence-corrected chi connectivity index (χ1v) is 19.5. The fraction of sp³-hybridized carbons (Fsp3) is 0. The molecule has 0 saturated heterocycles. The van der Waals surface area contributed by atoms with Gasteiger partial charge in [0.2, 0.25) is 0 Å². The van der Waals surface area contributed by atoms with Crippen molar-refractivity contribution in [2.45, 2.75) is 0 Å². The third kappa shape index (κ3) is 5.20. The number of aromatic nitrogens is 1. The van der Waals surface area contributed by atoms with Crippen LogP contribution in [0.5, 0.6) is 0 Å². The van der Waals surface area contributed by atoms with Gasteiger partial charge in [0.1, 0.15) is 11.3 Å². The Labute approximate surface area is 307 Å². The van der Waals surface area contributed by atoms with Crippen LogP contribution in [0, 0.1) is 0 Å². The van der Waals surface area contributed by atoms with Gasteiger partial charge in [-0.2, -0.15) is 0 Å². The molecule has 0 radical (unpaired) electrons. The summed E-state index contributed by atoms with van der Waals surface area (Å²) in [6.07, 6.45) is 0. The third-order valence-corrected chi connectivity index (χ3v) is 13.4. The Morgan fingerprint density at radius 1 is 0.434 bits per heavy atom. The lowest BCUT2D eigenvalue weighted by Crippen LogP contribution is -2.24. The van der Waals surface area contributed by atoms with E-state index in [1.54, 1.807) is 0 Å². The van der Waals surface area contributed by atoms with E-state index in [0.717, 1.165) is 76.7 Å². The van der Waals surface area contributed by atoms with E-state index < -0.39 is 7.14 Å². The second kappa shape index (κ2) is 12.6. The van der Waals surface area contributed by atoms with Crippen molar-refractivity contribution in [2.75, 3.05) is 0 Å². The molecule has 0 bridgehead atoms. The number of pyridine rings is 1. The van der Waals surface area contributed by atoms with Crippen LogP contribution in [0.1, 0.15) is 0 Å². The zero-order chi connectivity index (χ0) is 35.4. The predicted molar refractivity (Wildman–Crippen MR) is 222 cm³/mol. The van der Waals surface area contributed by atoms with Crippen molar-refractivity contribution in [1.82, 2.24) is 4.98 Å². The number of furan rings is 1. The molecule has 0 aliphatic rings. The first-order chi connectivity index (χ1) is 26.1. The van der Waals surface area contributed by atoms with Gasteiger partial charge in [-0.25, -0.2) is 4.98 Å². The fourth-order valence-corrected chi connectivity index (χ4v) is 10.4. The Morgan fingerprint density at radius 2 is 1.04 bits per heavy atom. The molecule has 0 unspecified atom stereocenters. The predicted octanol–water partition coefficient (Wildman–Crippen LogP) is 11.9. The van der Waals surface area contributed by atoms with Crippen LogP contribution in [0.3, 0.4) is 0 Å². The summed E-state index contributed by atoms with van der Waals surface area (Å²) in [5.41, 5.74) is 8.66. The topological polar surface area (TPSA) is 43.1 Å². The maximum Gasteiger partial charge on any atom is 0.171 e. The number of fused-ring (bicyclic) bond motifs is 6. The van der Waals surface area contributed by atoms with Crippen LogP contribution in [0.2, 0.25) is 0 Å². The highest BCUT2D eigenvalue weighted by atomic mass is 31.2. The van der Waals surface area contributed by atoms with Gasteiger partial charge in [-0.15, -0.1) is 0 Å². The Hall–Kier alpha value is -6.54. The van der Waals surface area contributed by atoms with Crippen LogP contribution < -0.4 is 15.9 Å². The minimum atomic E-state index is -3.07. The molecule has 4 heteroatoms. The van der Waals surface area contributed by atoms with Crippen molar-refractivity contribution in [3.63, 3.8) is 0 Å². The van der Waals surface area contributed by atoms with Gasteiger partial charge in [-0.05, 0) is 51.2 Å². The Bertz CT molecular complexity index is 2970. The monoisotopic (exact) mass is 697 g/mol. The molecular weight excluding hydrogens is 666 g/mol. The molecule has 0 atom stereocenters. The highest BCUT2D eigenvalue weighted by Crippen LogP contribution is 2.44. The van der Waals surface area contributed by atoms with Gasteiger partial charge in [0.05, 0.1) is 5.52 Å². The zero-order valence-electron chi connectivity index (χ0n) is 28.7. The molecule has 250 valence electrons. The number of rotatable bonds is 6. The Morgan fingerprint density at radius 3 is 1.81 bits per heavy atom. The average molecular weight is 698 g/mol. The molecule has 10 rings (SSSR count). The summed E-state index contributed by atoms with van der Waals surface area (Å²) in [5, 5.41) is 8.07. The molecule has 0 aliphatic carbocycles. The fourth-order valence-electron chi connectivity index (χ4n) is 7.76. The number of hydrogen-bond donors (Lipinski definition) is 0. The quantitative estimate of drug-likeness (QED) is 0.162. The lowest BCUT2D eigenvalue weighted by Gasteiger charge is -2.20. The normalized spacial score (nSPS) is 11.8. The standard InChI is InChI=1S/C49H32NO2P/c51-53(38-17-3-1-4-18-38,39-19-5-2-6-20-39)40-28-25-33(26-29-40)35-15-11-16-37(31-35)48-49-47(44-22-9-10-24-46(44)52-49)43-30-27-36(32-45(43)50-48)42-23-12-14-34-13-7-8-21-41(34)42/h1-32H. The molecule has 3 nitrogen and oxygen atoms in total. The minimum Gasteiger partial charge on any atom is -0.454 e.